The van der Waals surface area contributed by atoms with E-state index < -0.39 is 0 Å². The van der Waals surface area contributed by atoms with Crippen LogP contribution in [0.1, 0.15) is 48.8 Å². The SMILES string of the molecule is CCN1C(=O)Cc2c1ccc(C)c2-c1c(O)cc(C2CCC2)cc1O. The summed E-state index contributed by atoms with van der Waals surface area (Å²) in [5.41, 5.74) is 4.97. The van der Waals surface area contributed by atoms with Crippen molar-refractivity contribution in [3.05, 3.63) is 41.0 Å². The zero-order valence-electron chi connectivity index (χ0n) is 14.7. The van der Waals surface area contributed by atoms with Crippen LogP contribution in [-0.4, -0.2) is 22.7 Å². The van der Waals surface area contributed by atoms with Crippen molar-refractivity contribution < 1.29 is 15.0 Å². The molecule has 4 heteroatoms. The smallest absolute Gasteiger partial charge is 0.231 e. The van der Waals surface area contributed by atoms with E-state index in [0.717, 1.165) is 40.8 Å². The zero-order valence-corrected chi connectivity index (χ0v) is 14.7. The average molecular weight is 337 g/mol. The third-order valence-corrected chi connectivity index (χ3v) is 5.68. The molecule has 2 aromatic rings. The number of anilines is 1. The molecule has 1 fully saturated rings. The van der Waals surface area contributed by atoms with Gasteiger partial charge in [0.1, 0.15) is 11.5 Å². The summed E-state index contributed by atoms with van der Waals surface area (Å²) in [5, 5.41) is 21.4. The van der Waals surface area contributed by atoms with Gasteiger partial charge in [0.15, 0.2) is 0 Å². The molecule has 2 aromatic carbocycles. The third kappa shape index (κ3) is 2.39. The van der Waals surface area contributed by atoms with Crippen molar-refractivity contribution in [1.29, 1.82) is 0 Å². The van der Waals surface area contributed by atoms with Gasteiger partial charge < -0.3 is 15.1 Å². The van der Waals surface area contributed by atoms with Gasteiger partial charge in [-0.15, -0.1) is 0 Å². The first-order chi connectivity index (χ1) is 12.0. The molecular formula is C21H23NO3. The highest BCUT2D eigenvalue weighted by molar-refractivity contribution is 6.05. The third-order valence-electron chi connectivity index (χ3n) is 5.68. The molecule has 0 atom stereocenters. The molecule has 1 aliphatic carbocycles. The fourth-order valence-corrected chi connectivity index (χ4v) is 4.13. The van der Waals surface area contributed by atoms with E-state index in [0.29, 0.717) is 24.4 Å². The van der Waals surface area contributed by atoms with Gasteiger partial charge in [0, 0.05) is 12.2 Å². The van der Waals surface area contributed by atoms with E-state index in [1.807, 2.05) is 26.0 Å². The van der Waals surface area contributed by atoms with Crippen molar-refractivity contribution in [2.24, 2.45) is 0 Å². The number of likely N-dealkylation sites (N-methyl/N-ethyl adjacent to an activating group) is 1. The van der Waals surface area contributed by atoms with Crippen LogP contribution in [0, 0.1) is 6.92 Å². The van der Waals surface area contributed by atoms with Crippen LogP contribution in [0.4, 0.5) is 5.69 Å². The molecule has 0 radical (unpaired) electrons. The molecule has 4 rings (SSSR count). The Morgan fingerprint density at radius 1 is 1.12 bits per heavy atom. The van der Waals surface area contributed by atoms with E-state index in [-0.39, 0.29) is 17.4 Å². The quantitative estimate of drug-likeness (QED) is 0.880. The molecule has 2 aliphatic rings. The van der Waals surface area contributed by atoms with Crippen LogP contribution in [0.2, 0.25) is 0 Å². The summed E-state index contributed by atoms with van der Waals surface area (Å²) in [7, 11) is 0. The second-order valence-electron chi connectivity index (χ2n) is 7.13. The molecule has 4 nitrogen and oxygen atoms in total. The topological polar surface area (TPSA) is 60.8 Å². The van der Waals surface area contributed by atoms with Gasteiger partial charge in [-0.1, -0.05) is 12.5 Å². The van der Waals surface area contributed by atoms with Gasteiger partial charge in [0.25, 0.3) is 0 Å². The number of hydrogen-bond donors (Lipinski definition) is 2. The number of rotatable bonds is 3. The summed E-state index contributed by atoms with van der Waals surface area (Å²) < 4.78 is 0. The largest absolute Gasteiger partial charge is 0.507 e. The molecular weight excluding hydrogens is 314 g/mol. The first kappa shape index (κ1) is 16.0. The molecule has 1 heterocycles. The van der Waals surface area contributed by atoms with Crippen molar-refractivity contribution in [3.63, 3.8) is 0 Å². The van der Waals surface area contributed by atoms with Gasteiger partial charge in [-0.3, -0.25) is 4.79 Å². The Kier molecular flexibility index (Phi) is 3.71. The highest BCUT2D eigenvalue weighted by atomic mass is 16.3. The van der Waals surface area contributed by atoms with Gasteiger partial charge in [0.2, 0.25) is 5.91 Å². The van der Waals surface area contributed by atoms with Crippen LogP contribution >= 0.6 is 0 Å². The van der Waals surface area contributed by atoms with E-state index >= 15 is 0 Å². The van der Waals surface area contributed by atoms with Gasteiger partial charge in [0.05, 0.1) is 12.0 Å². The summed E-state index contributed by atoms with van der Waals surface area (Å²) >= 11 is 0. The molecule has 0 saturated heterocycles. The molecule has 130 valence electrons. The lowest BCUT2D eigenvalue weighted by molar-refractivity contribution is -0.117. The minimum absolute atomic E-state index is 0.0643. The fourth-order valence-electron chi connectivity index (χ4n) is 4.13. The number of amides is 1. The number of fused-ring (bicyclic) bond motifs is 1. The predicted octanol–water partition coefficient (Wildman–Crippen LogP) is 4.25. The molecule has 1 saturated carbocycles. The van der Waals surface area contributed by atoms with E-state index in [2.05, 4.69) is 0 Å². The highest BCUT2D eigenvalue weighted by Crippen LogP contribution is 2.48. The summed E-state index contributed by atoms with van der Waals surface area (Å²) in [6, 6.07) is 7.48. The lowest BCUT2D eigenvalue weighted by Gasteiger charge is -2.27. The fraction of sp³-hybridized carbons (Fsp3) is 0.381. The maximum Gasteiger partial charge on any atom is 0.231 e. The number of benzene rings is 2. The summed E-state index contributed by atoms with van der Waals surface area (Å²) in [6.07, 6.45) is 3.73. The molecule has 1 amide bonds. The standard InChI is InChI=1S/C21H23NO3/c1-3-22-16-8-7-12(2)20(15(16)11-19(22)25)21-17(23)9-14(10-18(21)24)13-5-4-6-13/h7-10,13,23-24H,3-6,11H2,1-2H3. The molecule has 0 aromatic heterocycles. The Bertz CT molecular complexity index is 845. The normalized spacial score (nSPS) is 16.9. The van der Waals surface area contributed by atoms with Crippen LogP contribution in [0.3, 0.4) is 0 Å². The molecule has 1 aliphatic heterocycles. The first-order valence-electron chi connectivity index (χ1n) is 9.00. The van der Waals surface area contributed by atoms with Crippen molar-refractivity contribution in [2.45, 2.75) is 45.4 Å². The summed E-state index contributed by atoms with van der Waals surface area (Å²) in [6.45, 7) is 4.52. The monoisotopic (exact) mass is 337 g/mol. The number of aryl methyl sites for hydroxylation is 1. The Labute approximate surface area is 147 Å². The van der Waals surface area contributed by atoms with Crippen LogP contribution in [0.5, 0.6) is 11.5 Å². The lowest BCUT2D eigenvalue weighted by Crippen LogP contribution is -2.25. The number of aromatic hydroxyl groups is 2. The Balaban J connectivity index is 1.89. The molecule has 0 bridgehead atoms. The van der Waals surface area contributed by atoms with Crippen molar-refractivity contribution in [3.8, 4) is 22.6 Å². The predicted molar refractivity (Wildman–Crippen MR) is 98.3 cm³/mol. The van der Waals surface area contributed by atoms with Gasteiger partial charge in [-0.2, -0.15) is 0 Å². The number of phenols is 2. The Hall–Kier alpha value is -2.49. The zero-order chi connectivity index (χ0) is 17.7. The van der Waals surface area contributed by atoms with Gasteiger partial charge >= 0.3 is 0 Å². The number of hydrogen-bond acceptors (Lipinski definition) is 3. The second-order valence-corrected chi connectivity index (χ2v) is 7.13. The maximum absolute atomic E-state index is 12.3. The lowest BCUT2D eigenvalue weighted by atomic mass is 9.79. The number of nitrogens with zero attached hydrogens (tertiary/aromatic N) is 1. The van der Waals surface area contributed by atoms with Gasteiger partial charge in [-0.05, 0) is 73.1 Å². The van der Waals surface area contributed by atoms with E-state index in [1.165, 1.54) is 6.42 Å². The van der Waals surface area contributed by atoms with Crippen molar-refractivity contribution in [2.75, 3.05) is 11.4 Å². The number of phenolic OH excluding ortho intramolecular Hbond substituents is 2. The van der Waals surface area contributed by atoms with Crippen LogP contribution in [0.25, 0.3) is 11.1 Å². The highest BCUT2D eigenvalue weighted by Gasteiger charge is 2.31. The number of carbonyl (C=O) groups is 1. The Morgan fingerprint density at radius 2 is 1.80 bits per heavy atom. The van der Waals surface area contributed by atoms with E-state index in [4.69, 9.17) is 0 Å². The van der Waals surface area contributed by atoms with Crippen LogP contribution in [0.15, 0.2) is 24.3 Å². The summed E-state index contributed by atoms with van der Waals surface area (Å²) in [5.74, 6) is 0.696. The van der Waals surface area contributed by atoms with Gasteiger partial charge in [-0.25, -0.2) is 0 Å². The second kappa shape index (κ2) is 5.80. The average Bonchev–Trinajstić information content (AvgIpc) is 2.82. The van der Waals surface area contributed by atoms with Crippen LogP contribution < -0.4 is 4.90 Å². The summed E-state index contributed by atoms with van der Waals surface area (Å²) in [4.78, 5) is 14.1. The molecule has 2 N–H and O–H groups in total. The first-order valence-corrected chi connectivity index (χ1v) is 9.00. The van der Waals surface area contributed by atoms with E-state index in [1.54, 1.807) is 17.0 Å². The van der Waals surface area contributed by atoms with Crippen molar-refractivity contribution in [1.82, 2.24) is 0 Å². The van der Waals surface area contributed by atoms with E-state index in [9.17, 15) is 15.0 Å². The number of carbonyl (C=O) groups excluding carboxylic acids is 1. The molecule has 0 spiro atoms. The Morgan fingerprint density at radius 3 is 2.36 bits per heavy atom. The molecule has 25 heavy (non-hydrogen) atoms. The minimum atomic E-state index is 0.0643. The maximum atomic E-state index is 12.3. The van der Waals surface area contributed by atoms with Crippen LogP contribution in [-0.2, 0) is 11.2 Å². The van der Waals surface area contributed by atoms with Crippen molar-refractivity contribution >= 4 is 11.6 Å². The minimum Gasteiger partial charge on any atom is -0.507 e. The molecule has 0 unspecified atom stereocenters.